The Labute approximate surface area is 175 Å². The fraction of sp³-hybridized carbons (Fsp3) is 0.571. The zero-order chi connectivity index (χ0) is 20.1. The Morgan fingerprint density at radius 3 is 2.71 bits per heavy atom. The van der Waals surface area contributed by atoms with Crippen LogP contribution in [0.1, 0.15) is 57.4 Å². The van der Waals surface area contributed by atoms with E-state index in [1.54, 1.807) is 49.0 Å². The molecule has 2 aromatic rings. The lowest BCUT2D eigenvalue weighted by molar-refractivity contribution is -0.128. The lowest BCUT2D eigenvalue weighted by Crippen LogP contribution is -2.29. The minimum Gasteiger partial charge on any atom is -0.349 e. The summed E-state index contributed by atoms with van der Waals surface area (Å²) in [5.74, 6) is 0.994. The first-order valence-electron chi connectivity index (χ1n) is 10.0. The second-order valence-corrected chi connectivity index (χ2v) is 9.12. The number of fused-ring (bicyclic) bond motifs is 1. The Morgan fingerprint density at radius 2 is 2.00 bits per heavy atom. The summed E-state index contributed by atoms with van der Waals surface area (Å²) >= 11 is 7.74. The van der Waals surface area contributed by atoms with Gasteiger partial charge in [0.1, 0.15) is 0 Å². The van der Waals surface area contributed by atoms with Crippen LogP contribution in [-0.2, 0) is 4.79 Å². The molecular formula is C21H28ClN3O2S. The zero-order valence-electron chi connectivity index (χ0n) is 16.6. The first-order valence-corrected chi connectivity index (χ1v) is 11.4. The van der Waals surface area contributed by atoms with Gasteiger partial charge in [0.25, 0.3) is 5.56 Å². The monoisotopic (exact) mass is 421 g/mol. The van der Waals surface area contributed by atoms with Crippen LogP contribution in [0.3, 0.4) is 0 Å². The number of unbranched alkanes of at least 4 members (excludes halogenated alkanes) is 1. The highest BCUT2D eigenvalue weighted by atomic mass is 35.5. The number of rotatable bonds is 7. The summed E-state index contributed by atoms with van der Waals surface area (Å²) in [6, 6.07) is 5.54. The molecule has 0 N–H and O–H groups in total. The molecule has 1 saturated carbocycles. The predicted molar refractivity (Wildman–Crippen MR) is 116 cm³/mol. The van der Waals surface area contributed by atoms with E-state index >= 15 is 0 Å². The first-order chi connectivity index (χ1) is 13.5. The van der Waals surface area contributed by atoms with E-state index in [9.17, 15) is 9.59 Å². The maximum Gasteiger partial charge on any atom is 0.262 e. The number of nitrogens with zero attached hydrogens (tertiary/aromatic N) is 3. The Morgan fingerprint density at radius 1 is 1.25 bits per heavy atom. The van der Waals surface area contributed by atoms with Gasteiger partial charge in [-0.25, -0.2) is 4.98 Å². The van der Waals surface area contributed by atoms with Crippen LogP contribution in [0.25, 0.3) is 10.9 Å². The van der Waals surface area contributed by atoms with Crippen LogP contribution < -0.4 is 5.56 Å². The summed E-state index contributed by atoms with van der Waals surface area (Å²) in [6.07, 6.45) is 7.94. The summed E-state index contributed by atoms with van der Waals surface area (Å²) in [5.41, 5.74) is 0.702. The highest BCUT2D eigenvalue weighted by molar-refractivity contribution is 7.99. The van der Waals surface area contributed by atoms with Gasteiger partial charge in [0, 0.05) is 37.3 Å². The molecule has 152 valence electrons. The molecule has 0 saturated heterocycles. The van der Waals surface area contributed by atoms with Crippen molar-refractivity contribution in [3.63, 3.8) is 0 Å². The number of amides is 1. The summed E-state index contributed by atoms with van der Waals surface area (Å²) in [6.45, 7) is 0. The van der Waals surface area contributed by atoms with Crippen LogP contribution in [0, 0.1) is 0 Å². The summed E-state index contributed by atoms with van der Waals surface area (Å²) in [5, 5.41) is 2.01. The fourth-order valence-electron chi connectivity index (χ4n) is 3.68. The van der Waals surface area contributed by atoms with Gasteiger partial charge < -0.3 is 4.90 Å². The minimum atomic E-state index is 0.0406. The summed E-state index contributed by atoms with van der Waals surface area (Å²) in [7, 11) is 3.56. The van der Waals surface area contributed by atoms with E-state index in [1.807, 2.05) is 4.57 Å². The van der Waals surface area contributed by atoms with Crippen molar-refractivity contribution >= 4 is 40.2 Å². The fourth-order valence-corrected chi connectivity index (χ4v) is 4.91. The van der Waals surface area contributed by atoms with Crippen LogP contribution >= 0.6 is 23.4 Å². The van der Waals surface area contributed by atoms with Crippen molar-refractivity contribution in [2.24, 2.45) is 0 Å². The summed E-state index contributed by atoms with van der Waals surface area (Å²) in [4.78, 5) is 31.4. The molecule has 1 amide bonds. The SMILES string of the molecule is CN(C)C(=O)CCCCSc1nc2cc(Cl)ccc2c(=O)n1C1CCCCC1. The van der Waals surface area contributed by atoms with Gasteiger partial charge in [-0.3, -0.25) is 14.2 Å². The Balaban J connectivity index is 1.80. The van der Waals surface area contributed by atoms with Gasteiger partial charge in [-0.2, -0.15) is 0 Å². The first kappa shape index (κ1) is 21.2. The molecule has 0 aliphatic heterocycles. The molecule has 1 fully saturated rings. The molecule has 3 rings (SSSR count). The van der Waals surface area contributed by atoms with Crippen LogP contribution in [0.4, 0.5) is 0 Å². The lowest BCUT2D eigenvalue weighted by atomic mass is 9.95. The second-order valence-electron chi connectivity index (χ2n) is 7.62. The van der Waals surface area contributed by atoms with Gasteiger partial charge in [0.2, 0.25) is 5.91 Å². The maximum absolute atomic E-state index is 13.2. The van der Waals surface area contributed by atoms with E-state index in [0.717, 1.165) is 49.4 Å². The van der Waals surface area contributed by atoms with Crippen LogP contribution in [0.15, 0.2) is 28.2 Å². The number of carbonyl (C=O) groups is 1. The van der Waals surface area contributed by atoms with Gasteiger partial charge in [-0.15, -0.1) is 0 Å². The second kappa shape index (κ2) is 9.79. The Kier molecular flexibility index (Phi) is 7.41. The van der Waals surface area contributed by atoms with E-state index in [-0.39, 0.29) is 17.5 Å². The van der Waals surface area contributed by atoms with Crippen molar-refractivity contribution in [2.75, 3.05) is 19.8 Å². The highest BCUT2D eigenvalue weighted by Gasteiger charge is 2.22. The van der Waals surface area contributed by atoms with Crippen LogP contribution in [0.5, 0.6) is 0 Å². The lowest BCUT2D eigenvalue weighted by Gasteiger charge is -2.26. The van der Waals surface area contributed by atoms with Crippen molar-refractivity contribution in [1.82, 2.24) is 14.5 Å². The molecule has 0 unspecified atom stereocenters. The molecule has 1 aromatic carbocycles. The number of benzene rings is 1. The van der Waals surface area contributed by atoms with Crippen molar-refractivity contribution in [3.8, 4) is 0 Å². The molecule has 1 heterocycles. The maximum atomic E-state index is 13.2. The van der Waals surface area contributed by atoms with Gasteiger partial charge in [0.05, 0.1) is 10.9 Å². The number of thioether (sulfide) groups is 1. The quantitative estimate of drug-likeness (QED) is 0.362. The third-order valence-electron chi connectivity index (χ3n) is 5.29. The highest BCUT2D eigenvalue weighted by Crippen LogP contribution is 2.31. The van der Waals surface area contributed by atoms with Gasteiger partial charge >= 0.3 is 0 Å². The Hall–Kier alpha value is -1.53. The topological polar surface area (TPSA) is 55.2 Å². The number of halogens is 1. The van der Waals surface area contributed by atoms with Crippen molar-refractivity contribution < 1.29 is 4.79 Å². The van der Waals surface area contributed by atoms with E-state index in [2.05, 4.69) is 0 Å². The van der Waals surface area contributed by atoms with Gasteiger partial charge in [-0.05, 0) is 43.9 Å². The largest absolute Gasteiger partial charge is 0.349 e. The van der Waals surface area contributed by atoms with E-state index in [4.69, 9.17) is 16.6 Å². The molecule has 1 aliphatic rings. The molecule has 5 nitrogen and oxygen atoms in total. The smallest absolute Gasteiger partial charge is 0.262 e. The molecule has 0 spiro atoms. The van der Waals surface area contributed by atoms with E-state index in [0.29, 0.717) is 22.3 Å². The van der Waals surface area contributed by atoms with Crippen molar-refractivity contribution in [1.29, 1.82) is 0 Å². The Bertz CT molecular complexity index is 891. The average Bonchev–Trinajstić information content (AvgIpc) is 2.68. The molecule has 28 heavy (non-hydrogen) atoms. The number of aromatic nitrogens is 2. The van der Waals surface area contributed by atoms with E-state index in [1.165, 1.54) is 6.42 Å². The number of hydrogen-bond acceptors (Lipinski definition) is 4. The average molecular weight is 422 g/mol. The molecule has 1 aromatic heterocycles. The standard InChI is InChI=1S/C21H28ClN3O2S/c1-24(2)19(26)10-6-7-13-28-21-23-18-14-15(22)11-12-17(18)20(27)25(21)16-8-4-3-5-9-16/h11-12,14,16H,3-10,13H2,1-2H3. The van der Waals surface area contributed by atoms with Gasteiger partial charge in [-0.1, -0.05) is 42.6 Å². The third-order valence-corrected chi connectivity index (χ3v) is 6.56. The van der Waals surface area contributed by atoms with Crippen LogP contribution in [-0.4, -0.2) is 40.2 Å². The summed E-state index contributed by atoms with van der Waals surface area (Å²) < 4.78 is 1.92. The predicted octanol–water partition coefficient (Wildman–Crippen LogP) is 4.91. The van der Waals surface area contributed by atoms with Crippen LogP contribution in [0.2, 0.25) is 5.02 Å². The van der Waals surface area contributed by atoms with Crippen molar-refractivity contribution in [2.45, 2.75) is 62.6 Å². The molecule has 7 heteroatoms. The molecular weight excluding hydrogens is 394 g/mol. The molecule has 0 radical (unpaired) electrons. The molecule has 0 bridgehead atoms. The van der Waals surface area contributed by atoms with E-state index < -0.39 is 0 Å². The molecule has 1 aliphatic carbocycles. The van der Waals surface area contributed by atoms with Crippen molar-refractivity contribution in [3.05, 3.63) is 33.6 Å². The number of carbonyl (C=O) groups excluding carboxylic acids is 1. The zero-order valence-corrected chi connectivity index (χ0v) is 18.2. The third kappa shape index (κ3) is 5.09. The van der Waals surface area contributed by atoms with Gasteiger partial charge in [0.15, 0.2) is 5.16 Å². The molecule has 0 atom stereocenters. The normalized spacial score (nSPS) is 15.1. The number of hydrogen-bond donors (Lipinski definition) is 0. The minimum absolute atomic E-state index is 0.0406.